The highest BCUT2D eigenvalue weighted by Gasteiger charge is 2.45. The summed E-state index contributed by atoms with van der Waals surface area (Å²) in [7, 11) is 0. The minimum atomic E-state index is -0.805. The Labute approximate surface area is 193 Å². The monoisotopic (exact) mass is 463 g/mol. The Balaban J connectivity index is 1.77. The van der Waals surface area contributed by atoms with Gasteiger partial charge < -0.3 is 14.3 Å². The minimum absolute atomic E-state index is 0.0176. The zero-order chi connectivity index (χ0) is 23.3. The largest absolute Gasteiger partial charge is 0.504 e. The molecular weight excluding hydrogens is 442 g/mol. The third-order valence-corrected chi connectivity index (χ3v) is 6.73. The predicted molar refractivity (Wildman–Crippen MR) is 124 cm³/mol. The summed E-state index contributed by atoms with van der Waals surface area (Å²) in [4.78, 5) is 28.6. The maximum atomic E-state index is 13.6. The number of fused-ring (bicyclic) bond motifs is 2. The summed E-state index contributed by atoms with van der Waals surface area (Å²) in [5.41, 5.74) is 0.878. The van der Waals surface area contributed by atoms with E-state index in [0.29, 0.717) is 28.3 Å². The SMILES string of the molecule is CCOc1cc([C@H]2c3c(oc4ccccc4c3=O)C(=O)N2c2nnc(C(C)C)s2)ccc1O. The molecule has 2 aromatic heterocycles. The second-order valence-corrected chi connectivity index (χ2v) is 8.97. The molecule has 0 radical (unpaired) electrons. The Hall–Kier alpha value is -3.72. The molecule has 0 spiro atoms. The molecule has 1 aliphatic rings. The molecule has 9 heteroatoms. The van der Waals surface area contributed by atoms with E-state index in [4.69, 9.17) is 9.15 Å². The second-order valence-electron chi connectivity index (χ2n) is 7.99. The van der Waals surface area contributed by atoms with E-state index in [-0.39, 0.29) is 34.2 Å². The molecule has 33 heavy (non-hydrogen) atoms. The Kier molecular flexibility index (Phi) is 5.13. The summed E-state index contributed by atoms with van der Waals surface area (Å²) in [6.07, 6.45) is 0. The molecule has 0 fully saturated rings. The van der Waals surface area contributed by atoms with Crippen molar-refractivity contribution in [3.05, 3.63) is 74.6 Å². The van der Waals surface area contributed by atoms with Gasteiger partial charge in [0.1, 0.15) is 10.6 Å². The van der Waals surface area contributed by atoms with Gasteiger partial charge in [-0.2, -0.15) is 0 Å². The zero-order valence-corrected chi connectivity index (χ0v) is 19.0. The summed E-state index contributed by atoms with van der Waals surface area (Å²) in [6.45, 7) is 6.15. The van der Waals surface area contributed by atoms with Gasteiger partial charge in [0.25, 0.3) is 5.91 Å². The lowest BCUT2D eigenvalue weighted by Gasteiger charge is -2.22. The number of nitrogens with zero attached hydrogens (tertiary/aromatic N) is 3. The van der Waals surface area contributed by atoms with Gasteiger partial charge in [0, 0.05) is 5.92 Å². The number of aromatic hydroxyl groups is 1. The maximum absolute atomic E-state index is 13.6. The van der Waals surface area contributed by atoms with Crippen molar-refractivity contribution < 1.29 is 19.1 Å². The van der Waals surface area contributed by atoms with E-state index in [2.05, 4.69) is 10.2 Å². The number of para-hydroxylation sites is 1. The lowest BCUT2D eigenvalue weighted by atomic mass is 9.98. The van der Waals surface area contributed by atoms with E-state index in [1.54, 1.807) is 36.4 Å². The average Bonchev–Trinajstić information content (AvgIpc) is 3.39. The van der Waals surface area contributed by atoms with Crippen molar-refractivity contribution in [2.75, 3.05) is 11.5 Å². The molecule has 0 saturated carbocycles. The van der Waals surface area contributed by atoms with Gasteiger partial charge >= 0.3 is 0 Å². The Morgan fingerprint density at radius 3 is 2.70 bits per heavy atom. The van der Waals surface area contributed by atoms with Gasteiger partial charge in [-0.1, -0.05) is 43.4 Å². The van der Waals surface area contributed by atoms with E-state index in [1.165, 1.54) is 22.3 Å². The van der Waals surface area contributed by atoms with Crippen LogP contribution in [0.2, 0.25) is 0 Å². The topological polar surface area (TPSA) is 106 Å². The minimum Gasteiger partial charge on any atom is -0.504 e. The van der Waals surface area contributed by atoms with Crippen LogP contribution in [0.4, 0.5) is 5.13 Å². The van der Waals surface area contributed by atoms with Crippen LogP contribution in [0.3, 0.4) is 0 Å². The van der Waals surface area contributed by atoms with Crippen molar-refractivity contribution >= 4 is 33.3 Å². The molecule has 0 saturated heterocycles. The van der Waals surface area contributed by atoms with Crippen molar-refractivity contribution in [3.63, 3.8) is 0 Å². The molecule has 8 nitrogen and oxygen atoms in total. The third kappa shape index (κ3) is 3.36. The van der Waals surface area contributed by atoms with Gasteiger partial charge in [0.15, 0.2) is 16.9 Å². The standard InChI is InChI=1S/C24H21N3O5S/c1-4-31-17-11-13(9-10-15(17)28)19-18-20(29)14-7-5-6-8-16(14)32-21(18)23(30)27(19)24-26-25-22(33-24)12(2)3/h5-12,19,28H,4H2,1-3H3/t19-/m0/s1. The number of aromatic nitrogens is 2. The summed E-state index contributed by atoms with van der Waals surface area (Å²) < 4.78 is 11.5. The molecule has 1 N–H and O–H groups in total. The number of ether oxygens (including phenoxy) is 1. The van der Waals surface area contributed by atoms with Crippen molar-refractivity contribution in [1.29, 1.82) is 0 Å². The predicted octanol–water partition coefficient (Wildman–Crippen LogP) is 4.62. The molecule has 4 aromatic rings. The van der Waals surface area contributed by atoms with E-state index in [1.807, 2.05) is 20.8 Å². The molecule has 3 heterocycles. The number of amides is 1. The van der Waals surface area contributed by atoms with Gasteiger partial charge in [-0.05, 0) is 36.8 Å². The number of phenols is 1. The van der Waals surface area contributed by atoms with E-state index >= 15 is 0 Å². The number of hydrogen-bond donors (Lipinski definition) is 1. The first kappa shape index (κ1) is 21.1. The van der Waals surface area contributed by atoms with Crippen LogP contribution in [0.25, 0.3) is 11.0 Å². The first-order valence-corrected chi connectivity index (χ1v) is 11.4. The maximum Gasteiger partial charge on any atom is 0.297 e. The molecule has 0 bridgehead atoms. The fourth-order valence-corrected chi connectivity index (χ4v) is 4.83. The number of carbonyl (C=O) groups is 1. The number of carbonyl (C=O) groups excluding carboxylic acids is 1. The van der Waals surface area contributed by atoms with E-state index in [0.717, 1.165) is 5.01 Å². The van der Waals surface area contributed by atoms with E-state index < -0.39 is 11.9 Å². The molecule has 2 aromatic carbocycles. The molecule has 1 atom stereocenters. The Morgan fingerprint density at radius 2 is 1.97 bits per heavy atom. The summed E-state index contributed by atoms with van der Waals surface area (Å²) in [5.74, 6) is -0.108. The van der Waals surface area contributed by atoms with Crippen LogP contribution in [0.1, 0.15) is 59.4 Å². The normalized spacial score (nSPS) is 15.5. The number of anilines is 1. The van der Waals surface area contributed by atoms with Crippen molar-refractivity contribution in [3.8, 4) is 11.5 Å². The zero-order valence-electron chi connectivity index (χ0n) is 18.2. The van der Waals surface area contributed by atoms with Crippen LogP contribution >= 0.6 is 11.3 Å². The van der Waals surface area contributed by atoms with E-state index in [9.17, 15) is 14.7 Å². The molecule has 5 rings (SSSR count). The lowest BCUT2D eigenvalue weighted by Crippen LogP contribution is -2.29. The van der Waals surface area contributed by atoms with Crippen LogP contribution in [0, 0.1) is 0 Å². The first-order chi connectivity index (χ1) is 15.9. The summed E-state index contributed by atoms with van der Waals surface area (Å²) in [6, 6.07) is 10.8. The number of rotatable bonds is 5. The van der Waals surface area contributed by atoms with Crippen LogP contribution in [-0.2, 0) is 0 Å². The first-order valence-electron chi connectivity index (χ1n) is 10.6. The molecule has 0 aliphatic carbocycles. The molecule has 168 valence electrons. The average molecular weight is 464 g/mol. The molecule has 0 unspecified atom stereocenters. The number of phenolic OH excluding ortho intramolecular Hbond substituents is 1. The van der Waals surface area contributed by atoms with Crippen molar-refractivity contribution in [1.82, 2.24) is 10.2 Å². The molecule has 1 amide bonds. The second kappa shape index (κ2) is 8.00. The smallest absolute Gasteiger partial charge is 0.297 e. The number of hydrogen-bond acceptors (Lipinski definition) is 8. The Morgan fingerprint density at radius 1 is 1.18 bits per heavy atom. The highest BCUT2D eigenvalue weighted by atomic mass is 32.1. The van der Waals surface area contributed by atoms with Crippen molar-refractivity contribution in [2.24, 2.45) is 0 Å². The van der Waals surface area contributed by atoms with Crippen LogP contribution in [-0.4, -0.2) is 27.8 Å². The van der Waals surface area contributed by atoms with Crippen LogP contribution in [0.5, 0.6) is 11.5 Å². The Bertz CT molecular complexity index is 1440. The third-order valence-electron chi connectivity index (χ3n) is 5.51. The molecular formula is C24H21N3O5S. The van der Waals surface area contributed by atoms with Crippen LogP contribution < -0.4 is 15.1 Å². The van der Waals surface area contributed by atoms with Gasteiger partial charge in [0.2, 0.25) is 10.9 Å². The van der Waals surface area contributed by atoms with Gasteiger partial charge in [-0.15, -0.1) is 10.2 Å². The lowest BCUT2D eigenvalue weighted by molar-refractivity contribution is 0.0970. The summed E-state index contributed by atoms with van der Waals surface area (Å²) in [5, 5.41) is 20.2. The highest BCUT2D eigenvalue weighted by molar-refractivity contribution is 7.15. The quantitative estimate of drug-likeness (QED) is 0.460. The van der Waals surface area contributed by atoms with Crippen molar-refractivity contribution in [2.45, 2.75) is 32.7 Å². The molecule has 1 aliphatic heterocycles. The van der Waals surface area contributed by atoms with Crippen LogP contribution in [0.15, 0.2) is 51.7 Å². The number of benzene rings is 2. The highest BCUT2D eigenvalue weighted by Crippen LogP contribution is 2.44. The summed E-state index contributed by atoms with van der Waals surface area (Å²) >= 11 is 1.30. The fourth-order valence-electron chi connectivity index (χ4n) is 3.96. The van der Waals surface area contributed by atoms with Gasteiger partial charge in [0.05, 0.1) is 23.6 Å². The van der Waals surface area contributed by atoms with Gasteiger partial charge in [-0.25, -0.2) is 0 Å². The fraction of sp³-hybridized carbons (Fsp3) is 0.250. The van der Waals surface area contributed by atoms with Gasteiger partial charge in [-0.3, -0.25) is 14.5 Å².